The number of hydrogen-bond acceptors (Lipinski definition) is 6. The number of amides is 1. The van der Waals surface area contributed by atoms with Crippen LogP contribution >= 0.6 is 12.2 Å². The van der Waals surface area contributed by atoms with E-state index in [0.29, 0.717) is 17.4 Å². The molecule has 144 valence electrons. The number of nitrogens with zero attached hydrogens (tertiary/aromatic N) is 1. The highest BCUT2D eigenvalue weighted by Gasteiger charge is 2.51. The van der Waals surface area contributed by atoms with Crippen LogP contribution in [0.5, 0.6) is 0 Å². The molecule has 26 heavy (non-hydrogen) atoms. The summed E-state index contributed by atoms with van der Waals surface area (Å²) < 4.78 is 30.4. The van der Waals surface area contributed by atoms with Gasteiger partial charge in [0.25, 0.3) is 0 Å². The quantitative estimate of drug-likeness (QED) is 0.394. The summed E-state index contributed by atoms with van der Waals surface area (Å²) in [5.74, 6) is 0.624. The van der Waals surface area contributed by atoms with E-state index in [2.05, 4.69) is 39.3 Å². The number of rotatable bonds is 8. The zero-order valence-electron chi connectivity index (χ0n) is 14.9. The second-order valence-electron chi connectivity index (χ2n) is 5.74. The molecule has 0 saturated heterocycles. The van der Waals surface area contributed by atoms with Gasteiger partial charge in [-0.2, -0.15) is 12.8 Å². The molecule has 1 amide bonds. The second-order valence-corrected chi connectivity index (χ2v) is 6.80. The summed E-state index contributed by atoms with van der Waals surface area (Å²) in [6, 6.07) is 9.98. The fourth-order valence-corrected chi connectivity index (χ4v) is 3.36. The lowest BCUT2D eigenvalue weighted by Gasteiger charge is -2.00. The molecule has 0 heterocycles. The third-order valence-electron chi connectivity index (χ3n) is 4.07. The Morgan fingerprint density at radius 1 is 1.31 bits per heavy atom. The van der Waals surface area contributed by atoms with E-state index < -0.39 is 10.5 Å². The molecule has 2 N–H and O–H groups in total. The number of hydrogen-bond donors (Lipinski definition) is 2. The van der Waals surface area contributed by atoms with Crippen molar-refractivity contribution in [1.82, 2.24) is 10.6 Å². The molecular weight excluding hydrogens is 374 g/mol. The molecule has 1 saturated carbocycles. The summed E-state index contributed by atoms with van der Waals surface area (Å²) in [6.45, 7) is 0.762. The molecule has 3 unspecified atom stereocenters. The Morgan fingerprint density at radius 3 is 2.50 bits per heavy atom. The topological polar surface area (TPSA) is 96.9 Å². The molecule has 1 aliphatic rings. The van der Waals surface area contributed by atoms with Crippen LogP contribution in [-0.2, 0) is 20.0 Å². The molecule has 2 rings (SSSR count). The van der Waals surface area contributed by atoms with Gasteiger partial charge in [0.1, 0.15) is 0 Å². The van der Waals surface area contributed by atoms with Crippen molar-refractivity contribution in [1.29, 1.82) is 0 Å². The van der Waals surface area contributed by atoms with Crippen LogP contribution in [0.2, 0.25) is 0 Å². The molecule has 0 aromatic heterocycles. The summed E-state index contributed by atoms with van der Waals surface area (Å²) in [5.41, 5.74) is 1.19. The zero-order valence-corrected chi connectivity index (χ0v) is 16.6. The SMILES string of the molecule is CNC(=S)NC=O.COCCCCC1C(N=S(=O)=O)C1c1ccccc1. The molecule has 0 bridgehead atoms. The minimum atomic E-state index is -2.31. The monoisotopic (exact) mass is 399 g/mol. The highest BCUT2D eigenvalue weighted by atomic mass is 32.2. The van der Waals surface area contributed by atoms with Gasteiger partial charge in [0.05, 0.1) is 6.04 Å². The minimum absolute atomic E-state index is 0.0664. The maximum Gasteiger partial charge on any atom is 0.311 e. The first-order valence-corrected chi connectivity index (χ1v) is 9.75. The molecule has 1 fully saturated rings. The molecule has 1 aromatic rings. The average molecular weight is 400 g/mol. The Morgan fingerprint density at radius 2 is 2.00 bits per heavy atom. The fraction of sp³-hybridized carbons (Fsp3) is 0.529. The van der Waals surface area contributed by atoms with E-state index in [1.54, 1.807) is 14.2 Å². The first-order valence-electron chi connectivity index (χ1n) is 8.31. The van der Waals surface area contributed by atoms with Crippen LogP contribution in [0.3, 0.4) is 0 Å². The number of ether oxygens (including phenoxy) is 1. The smallest absolute Gasteiger partial charge is 0.311 e. The molecule has 1 aliphatic carbocycles. The van der Waals surface area contributed by atoms with Crippen molar-refractivity contribution in [3.05, 3.63) is 35.9 Å². The third kappa shape index (κ3) is 8.03. The summed E-state index contributed by atoms with van der Waals surface area (Å²) in [5, 5.41) is 5.13. The van der Waals surface area contributed by atoms with E-state index in [-0.39, 0.29) is 12.0 Å². The van der Waals surface area contributed by atoms with Crippen molar-refractivity contribution in [2.45, 2.75) is 31.2 Å². The van der Waals surface area contributed by atoms with Crippen LogP contribution < -0.4 is 10.6 Å². The number of thiocarbonyl (C=S) groups is 1. The summed E-state index contributed by atoms with van der Waals surface area (Å²) in [6.07, 6.45) is 3.61. The molecule has 7 nitrogen and oxygen atoms in total. The van der Waals surface area contributed by atoms with Crippen LogP contribution in [-0.4, -0.2) is 46.7 Å². The van der Waals surface area contributed by atoms with Gasteiger partial charge in [-0.15, -0.1) is 0 Å². The Labute approximate surface area is 161 Å². The molecule has 0 spiro atoms. The van der Waals surface area contributed by atoms with Gasteiger partial charge in [-0.25, -0.2) is 0 Å². The zero-order chi connectivity index (χ0) is 19.4. The van der Waals surface area contributed by atoms with E-state index in [9.17, 15) is 13.2 Å². The summed E-state index contributed by atoms with van der Waals surface area (Å²) in [4.78, 5) is 9.54. The molecule has 3 atom stereocenters. The van der Waals surface area contributed by atoms with Crippen molar-refractivity contribution in [3.8, 4) is 0 Å². The van der Waals surface area contributed by atoms with Crippen LogP contribution in [0.15, 0.2) is 34.7 Å². The van der Waals surface area contributed by atoms with Crippen molar-refractivity contribution < 1.29 is 17.9 Å². The van der Waals surface area contributed by atoms with Gasteiger partial charge in [0.15, 0.2) is 5.11 Å². The number of unbranched alkanes of at least 4 members (excludes halogenated alkanes) is 1. The number of nitrogens with one attached hydrogen (secondary N) is 2. The molecule has 9 heteroatoms. The highest BCUT2D eigenvalue weighted by Crippen LogP contribution is 2.52. The predicted molar refractivity (Wildman–Crippen MR) is 104 cm³/mol. The van der Waals surface area contributed by atoms with Gasteiger partial charge in [-0.1, -0.05) is 36.8 Å². The molecule has 0 aliphatic heterocycles. The average Bonchev–Trinajstić information content (AvgIpc) is 3.31. The third-order valence-corrected chi connectivity index (χ3v) is 4.81. The standard InChI is InChI=1S/C14H19NO3S.C3H6N2OS/c1-18-10-6-5-9-12-13(14(12)15-19(16)17)11-7-3-2-4-8-11;1-4-3(7)5-2-6/h2-4,7-8,12-14H,5-6,9-10H2,1H3;2H,1H3,(H2,4,5,6,7). The van der Waals surface area contributed by atoms with Crippen LogP contribution in [0.25, 0.3) is 0 Å². The van der Waals surface area contributed by atoms with Crippen molar-refractivity contribution in [2.24, 2.45) is 10.3 Å². The Bertz CT molecular complexity index is 687. The Balaban J connectivity index is 0.000000412. The number of carbonyl (C=O) groups is 1. The molecular formula is C17H25N3O4S2. The Hall–Kier alpha value is -1.84. The highest BCUT2D eigenvalue weighted by molar-refractivity contribution is 7.80. The van der Waals surface area contributed by atoms with Gasteiger partial charge in [-0.3, -0.25) is 4.79 Å². The van der Waals surface area contributed by atoms with Crippen molar-refractivity contribution in [3.63, 3.8) is 0 Å². The van der Waals surface area contributed by atoms with E-state index >= 15 is 0 Å². The largest absolute Gasteiger partial charge is 0.385 e. The van der Waals surface area contributed by atoms with E-state index in [4.69, 9.17) is 4.74 Å². The van der Waals surface area contributed by atoms with Gasteiger partial charge in [0, 0.05) is 26.7 Å². The van der Waals surface area contributed by atoms with Crippen molar-refractivity contribution in [2.75, 3.05) is 20.8 Å². The van der Waals surface area contributed by atoms with Crippen LogP contribution in [0, 0.1) is 5.92 Å². The van der Waals surface area contributed by atoms with Gasteiger partial charge >= 0.3 is 10.5 Å². The molecule has 0 radical (unpaired) electrons. The lowest BCUT2D eigenvalue weighted by Crippen LogP contribution is -2.30. The van der Waals surface area contributed by atoms with Crippen LogP contribution in [0.1, 0.15) is 30.7 Å². The van der Waals surface area contributed by atoms with E-state index in [1.807, 2.05) is 18.2 Å². The second kappa shape index (κ2) is 12.5. The number of carbonyl (C=O) groups excluding carboxylic acids is 1. The predicted octanol–water partition coefficient (Wildman–Crippen LogP) is 1.88. The van der Waals surface area contributed by atoms with Crippen molar-refractivity contribution >= 4 is 34.2 Å². The van der Waals surface area contributed by atoms with Crippen LogP contribution in [0.4, 0.5) is 0 Å². The number of benzene rings is 1. The Kier molecular flexibility index (Phi) is 10.7. The normalized spacial score (nSPS) is 20.2. The maximum absolute atomic E-state index is 10.8. The maximum atomic E-state index is 10.8. The van der Waals surface area contributed by atoms with Gasteiger partial charge in [-0.05, 0) is 36.5 Å². The first kappa shape index (κ1) is 22.2. The lowest BCUT2D eigenvalue weighted by atomic mass is 10.1. The van der Waals surface area contributed by atoms with Gasteiger partial charge in [0.2, 0.25) is 6.41 Å². The lowest BCUT2D eigenvalue weighted by molar-refractivity contribution is -0.108. The number of methoxy groups -OCH3 is 1. The molecule has 1 aromatic carbocycles. The first-order chi connectivity index (χ1) is 12.5. The van der Waals surface area contributed by atoms with E-state index in [1.165, 1.54) is 5.56 Å². The summed E-state index contributed by atoms with van der Waals surface area (Å²) >= 11 is 4.50. The minimum Gasteiger partial charge on any atom is -0.385 e. The van der Waals surface area contributed by atoms with Gasteiger partial charge < -0.3 is 15.4 Å². The summed E-state index contributed by atoms with van der Waals surface area (Å²) in [7, 11) is 1.03. The van der Waals surface area contributed by atoms with E-state index in [0.717, 1.165) is 25.9 Å². The fourth-order valence-electron chi connectivity index (χ4n) is 2.82.